The fourth-order valence-corrected chi connectivity index (χ4v) is 0. The Bertz CT molecular complexity index is 58.8. The van der Waals surface area contributed by atoms with E-state index in [1.54, 1.807) is 12.5 Å². The van der Waals surface area contributed by atoms with Crippen molar-refractivity contribution >= 4 is 58.6 Å². The molecule has 0 atom stereocenters. The summed E-state index contributed by atoms with van der Waals surface area (Å²) in [6.45, 7) is 0. The van der Waals surface area contributed by atoms with Gasteiger partial charge in [-0.2, -0.15) is 0 Å². The van der Waals surface area contributed by atoms with Crippen molar-refractivity contribution in [1.29, 1.82) is 0 Å². The van der Waals surface area contributed by atoms with Gasteiger partial charge in [-0.3, -0.25) is 4.21 Å². The van der Waals surface area contributed by atoms with Gasteiger partial charge in [0.25, 0.3) is 0 Å². The molecule has 0 aliphatic carbocycles. The first kappa shape index (κ1) is 12.3. The van der Waals surface area contributed by atoms with E-state index < -0.39 is 10.8 Å². The van der Waals surface area contributed by atoms with Crippen molar-refractivity contribution in [2.24, 2.45) is 0 Å². The Hall–Kier alpha value is 1.59. The smallest absolute Gasteiger partial charge is 0.124 e. The van der Waals surface area contributed by atoms with Gasteiger partial charge in [-0.15, -0.1) is 0 Å². The van der Waals surface area contributed by atoms with Crippen LogP contribution in [0.25, 0.3) is 0 Å². The van der Waals surface area contributed by atoms with Gasteiger partial charge in [0, 0.05) is 23.3 Å². The molecule has 0 bridgehead atoms. The Morgan fingerprint density at radius 2 is 1.25 bits per heavy atom. The lowest BCUT2D eigenvalue weighted by Crippen LogP contribution is -1.70. The minimum Gasteiger partial charge on any atom is -0.260 e. The molecule has 0 unspecified atom stereocenters. The van der Waals surface area contributed by atoms with Crippen LogP contribution in [0.5, 0.6) is 0 Å². The van der Waals surface area contributed by atoms with Crippen LogP contribution in [0.1, 0.15) is 0 Å². The first-order chi connectivity index (χ1) is 3.46. The summed E-state index contributed by atoms with van der Waals surface area (Å²) < 4.78 is 9.83. The van der Waals surface area contributed by atoms with Crippen LogP contribution in [0, 0.1) is 0 Å². The van der Waals surface area contributed by atoms with Crippen molar-refractivity contribution in [3.8, 4) is 0 Å². The largest absolute Gasteiger partial charge is 0.260 e. The molecule has 0 N–H and O–H groups in total. The van der Waals surface area contributed by atoms with Crippen LogP contribution >= 0.6 is 47.8 Å². The topological polar surface area (TPSA) is 17.1 Å². The van der Waals surface area contributed by atoms with Gasteiger partial charge >= 0.3 is 0 Å². The third kappa shape index (κ3) is 130. The molecule has 0 aliphatic heterocycles. The molecule has 0 aromatic rings. The molecule has 0 radical (unpaired) electrons. The molecular formula is C3H7Br3OS. The monoisotopic (exact) mass is 328 g/mol. The van der Waals surface area contributed by atoms with Crippen LogP contribution in [-0.2, 0) is 10.8 Å². The fourth-order valence-electron chi connectivity index (χ4n) is 0. The van der Waals surface area contributed by atoms with Crippen LogP contribution in [0.4, 0.5) is 0 Å². The van der Waals surface area contributed by atoms with Gasteiger partial charge in [0.2, 0.25) is 0 Å². The van der Waals surface area contributed by atoms with Crippen molar-refractivity contribution in [3.05, 3.63) is 0 Å². The lowest BCUT2D eigenvalue weighted by atomic mass is 11.9. The summed E-state index contributed by atoms with van der Waals surface area (Å²) in [6, 6.07) is 0. The van der Waals surface area contributed by atoms with E-state index >= 15 is 0 Å². The first-order valence-electron chi connectivity index (χ1n) is 1.64. The minimum atomic E-state index is -0.611. The average molecular weight is 331 g/mol. The number of hydrogen-bond acceptors (Lipinski definition) is 1. The van der Waals surface area contributed by atoms with E-state index in [0.717, 1.165) is 0 Å². The zero-order chi connectivity index (χ0) is 7.15. The van der Waals surface area contributed by atoms with E-state index in [4.69, 9.17) is 0 Å². The molecule has 0 heterocycles. The summed E-state index contributed by atoms with van der Waals surface area (Å²) in [6.07, 6.45) is 3.28. The lowest BCUT2D eigenvalue weighted by molar-refractivity contribution is 0.690. The highest BCUT2D eigenvalue weighted by Crippen LogP contribution is 2.13. The SMILES string of the molecule is BrC(Br)Br.CS(C)=O. The van der Waals surface area contributed by atoms with Gasteiger partial charge < -0.3 is 0 Å². The number of alkyl halides is 3. The molecule has 0 aromatic carbocycles. The molecule has 0 aliphatic rings. The molecule has 0 rings (SSSR count). The van der Waals surface area contributed by atoms with E-state index in [9.17, 15) is 4.21 Å². The van der Waals surface area contributed by atoms with Crippen LogP contribution in [0.3, 0.4) is 0 Å². The van der Waals surface area contributed by atoms with Gasteiger partial charge in [0.15, 0.2) is 0 Å². The van der Waals surface area contributed by atoms with Crippen LogP contribution in [0.15, 0.2) is 0 Å². The molecule has 1 nitrogen and oxygen atoms in total. The second kappa shape index (κ2) is 8.59. The van der Waals surface area contributed by atoms with Crippen molar-refractivity contribution in [1.82, 2.24) is 0 Å². The molecule has 5 heteroatoms. The second-order valence-electron chi connectivity index (χ2n) is 0.989. The Labute approximate surface area is 77.5 Å². The zero-order valence-electron chi connectivity index (χ0n) is 4.53. The van der Waals surface area contributed by atoms with E-state index in [0.29, 0.717) is 0 Å². The molecule has 0 fully saturated rings. The molecule has 0 spiro atoms. The number of hydrogen-bond donors (Lipinski definition) is 0. The summed E-state index contributed by atoms with van der Waals surface area (Å²) in [5.41, 5.74) is 0. The van der Waals surface area contributed by atoms with E-state index in [1.165, 1.54) is 0 Å². The van der Waals surface area contributed by atoms with Gasteiger partial charge in [-0.05, 0) is 0 Å². The standard InChI is InChI=1S/C2H6OS.CHBr3/c1-4(2)3;2-1(3)4/h1-2H3;1H. The van der Waals surface area contributed by atoms with E-state index in [1.807, 2.05) is 0 Å². The van der Waals surface area contributed by atoms with Crippen LogP contribution < -0.4 is 0 Å². The summed E-state index contributed by atoms with van der Waals surface area (Å²) in [4.78, 5) is 0. The highest BCUT2D eigenvalue weighted by Gasteiger charge is 1.77. The zero-order valence-corrected chi connectivity index (χ0v) is 10.1. The summed E-state index contributed by atoms with van der Waals surface area (Å²) >= 11 is 9.31. The maximum absolute atomic E-state index is 9.56. The third-order valence-electron chi connectivity index (χ3n) is 0. The minimum absolute atomic E-state index is 0.271. The third-order valence-corrected chi connectivity index (χ3v) is 0. The van der Waals surface area contributed by atoms with Crippen LogP contribution in [0.2, 0.25) is 0 Å². The summed E-state index contributed by atoms with van der Waals surface area (Å²) in [5, 5.41) is 0. The lowest BCUT2D eigenvalue weighted by Gasteiger charge is -1.70. The van der Waals surface area contributed by atoms with Crippen molar-refractivity contribution < 1.29 is 4.21 Å². The van der Waals surface area contributed by atoms with E-state index in [2.05, 4.69) is 47.8 Å². The number of halogens is 3. The molecule has 52 valence electrons. The highest BCUT2D eigenvalue weighted by atomic mass is 80.0. The number of rotatable bonds is 0. The van der Waals surface area contributed by atoms with Gasteiger partial charge in [0.1, 0.15) is 2.65 Å². The maximum Gasteiger partial charge on any atom is 0.124 e. The average Bonchev–Trinajstić information content (AvgIpc) is 1.25. The van der Waals surface area contributed by atoms with Crippen molar-refractivity contribution in [2.45, 2.75) is 2.65 Å². The molecule has 0 aromatic heterocycles. The molecule has 0 saturated carbocycles. The molecule has 8 heavy (non-hydrogen) atoms. The second-order valence-corrected chi connectivity index (χ2v) is 8.91. The van der Waals surface area contributed by atoms with Gasteiger partial charge in [-0.25, -0.2) is 0 Å². The predicted molar refractivity (Wildman–Crippen MR) is 50.6 cm³/mol. The normalized spacial score (nSPS) is 8.88. The van der Waals surface area contributed by atoms with Gasteiger partial charge in [-0.1, -0.05) is 47.8 Å². The highest BCUT2D eigenvalue weighted by molar-refractivity contribution is 9.38. The summed E-state index contributed by atoms with van der Waals surface area (Å²) in [7, 11) is -0.611. The first-order valence-corrected chi connectivity index (χ1v) is 6.35. The molecular weight excluding hydrogens is 324 g/mol. The predicted octanol–water partition coefficient (Wildman–Crippen LogP) is 2.45. The van der Waals surface area contributed by atoms with E-state index in [-0.39, 0.29) is 2.65 Å². The summed E-state index contributed by atoms with van der Waals surface area (Å²) in [5.74, 6) is 0. The van der Waals surface area contributed by atoms with Crippen molar-refractivity contribution in [3.63, 3.8) is 0 Å². The quantitative estimate of drug-likeness (QED) is 0.624. The maximum atomic E-state index is 9.56. The van der Waals surface area contributed by atoms with Crippen molar-refractivity contribution in [2.75, 3.05) is 12.5 Å². The van der Waals surface area contributed by atoms with Crippen LogP contribution in [-0.4, -0.2) is 19.4 Å². The Morgan fingerprint density at radius 1 is 1.25 bits per heavy atom. The molecule has 0 saturated heterocycles. The Kier molecular flexibility index (Phi) is 13.2. The Morgan fingerprint density at radius 3 is 1.25 bits per heavy atom. The van der Waals surface area contributed by atoms with Gasteiger partial charge in [0.05, 0.1) is 0 Å². The Balaban J connectivity index is 0. The fraction of sp³-hybridized carbons (Fsp3) is 1.00. The molecule has 0 amide bonds.